The predicted molar refractivity (Wildman–Crippen MR) is 147 cm³/mol. The molecule has 37 heavy (non-hydrogen) atoms. The van der Waals surface area contributed by atoms with Crippen molar-refractivity contribution in [3.63, 3.8) is 0 Å². The molecule has 0 fully saturated rings. The van der Waals surface area contributed by atoms with Crippen molar-refractivity contribution in [1.82, 2.24) is 9.97 Å². The summed E-state index contributed by atoms with van der Waals surface area (Å²) >= 11 is 0. The largest absolute Gasteiger partial charge is 0.493 e. The van der Waals surface area contributed by atoms with Gasteiger partial charge in [0.05, 0.1) is 31.1 Å². The van der Waals surface area contributed by atoms with Gasteiger partial charge in [-0.3, -0.25) is 4.79 Å². The Kier molecular flexibility index (Phi) is 6.54. The number of anilines is 4. The van der Waals surface area contributed by atoms with E-state index >= 15 is 0 Å². The number of amides is 1. The van der Waals surface area contributed by atoms with Crippen molar-refractivity contribution >= 4 is 39.7 Å². The summed E-state index contributed by atoms with van der Waals surface area (Å²) < 4.78 is 10.8. The fraction of sp³-hybridized carbons (Fsp3) is 0.0690. The molecule has 5 rings (SSSR count). The van der Waals surface area contributed by atoms with Crippen LogP contribution in [-0.2, 0) is 0 Å². The molecule has 5 aromatic rings. The molecule has 0 spiro atoms. The first-order valence-electron chi connectivity index (χ1n) is 11.6. The van der Waals surface area contributed by atoms with Crippen molar-refractivity contribution in [2.75, 3.05) is 30.6 Å². The summed E-state index contributed by atoms with van der Waals surface area (Å²) in [6, 6.07) is 26.3. The van der Waals surface area contributed by atoms with E-state index in [1.165, 1.54) is 6.33 Å². The van der Waals surface area contributed by atoms with Gasteiger partial charge in [-0.2, -0.15) is 0 Å². The van der Waals surface area contributed by atoms with E-state index in [4.69, 9.17) is 15.2 Å². The van der Waals surface area contributed by atoms with Gasteiger partial charge in [0.15, 0.2) is 11.5 Å². The minimum Gasteiger partial charge on any atom is -0.493 e. The number of carbonyl (C=O) groups is 1. The number of nitrogens with one attached hydrogen (secondary N) is 2. The third-order valence-electron chi connectivity index (χ3n) is 5.96. The molecular formula is C29H25N5O3. The molecule has 0 aliphatic rings. The Balaban J connectivity index is 1.34. The molecule has 0 saturated carbocycles. The zero-order valence-electron chi connectivity index (χ0n) is 20.4. The van der Waals surface area contributed by atoms with Gasteiger partial charge in [-0.05, 0) is 53.6 Å². The van der Waals surface area contributed by atoms with Gasteiger partial charge in [-0.15, -0.1) is 0 Å². The maximum atomic E-state index is 13.0. The fourth-order valence-electron chi connectivity index (χ4n) is 3.99. The second-order valence-corrected chi connectivity index (χ2v) is 8.27. The molecule has 0 saturated heterocycles. The van der Waals surface area contributed by atoms with E-state index in [0.29, 0.717) is 39.8 Å². The number of nitrogen functional groups attached to an aromatic ring is 1. The molecule has 8 nitrogen and oxygen atoms in total. The van der Waals surface area contributed by atoms with Crippen LogP contribution in [0.15, 0.2) is 91.3 Å². The second kappa shape index (κ2) is 10.2. The van der Waals surface area contributed by atoms with Crippen molar-refractivity contribution in [2.24, 2.45) is 0 Å². The summed E-state index contributed by atoms with van der Waals surface area (Å²) in [4.78, 5) is 21.7. The van der Waals surface area contributed by atoms with Crippen LogP contribution in [0.25, 0.3) is 22.0 Å². The molecule has 1 aromatic heterocycles. The number of hydrogen-bond donors (Lipinski definition) is 3. The third-order valence-corrected chi connectivity index (χ3v) is 5.96. The lowest BCUT2D eigenvalue weighted by atomic mass is 10.0. The van der Waals surface area contributed by atoms with Gasteiger partial charge < -0.3 is 25.8 Å². The minimum atomic E-state index is -0.257. The van der Waals surface area contributed by atoms with Crippen molar-refractivity contribution < 1.29 is 14.3 Å². The smallest absolute Gasteiger partial charge is 0.255 e. The molecule has 0 bridgehead atoms. The SMILES string of the molecule is COc1cc2ncnc(Nc3ccc(C(=O)Nc4cc(-c5ccccc5)ccc4N)cc3)c2cc1OC. The monoisotopic (exact) mass is 491 g/mol. The predicted octanol–water partition coefficient (Wildman–Crippen LogP) is 5.89. The number of rotatable bonds is 7. The van der Waals surface area contributed by atoms with E-state index in [0.717, 1.165) is 22.2 Å². The Labute approximate surface area is 214 Å². The van der Waals surface area contributed by atoms with E-state index in [2.05, 4.69) is 20.6 Å². The highest BCUT2D eigenvalue weighted by atomic mass is 16.5. The Morgan fingerprint density at radius 2 is 1.54 bits per heavy atom. The summed E-state index contributed by atoms with van der Waals surface area (Å²) in [5.41, 5.74) is 11.2. The van der Waals surface area contributed by atoms with Crippen LogP contribution in [-0.4, -0.2) is 30.1 Å². The zero-order valence-corrected chi connectivity index (χ0v) is 20.4. The zero-order chi connectivity index (χ0) is 25.8. The molecule has 184 valence electrons. The van der Waals surface area contributed by atoms with E-state index in [9.17, 15) is 4.79 Å². The summed E-state index contributed by atoms with van der Waals surface area (Å²) in [5, 5.41) is 6.98. The maximum Gasteiger partial charge on any atom is 0.255 e. The normalized spacial score (nSPS) is 10.6. The topological polar surface area (TPSA) is 111 Å². The van der Waals surface area contributed by atoms with Crippen molar-refractivity contribution in [3.05, 3.63) is 96.8 Å². The van der Waals surface area contributed by atoms with E-state index < -0.39 is 0 Å². The number of carbonyl (C=O) groups excluding carboxylic acids is 1. The van der Waals surface area contributed by atoms with E-state index in [1.54, 1.807) is 38.5 Å². The number of aromatic nitrogens is 2. The van der Waals surface area contributed by atoms with Gasteiger partial charge in [-0.25, -0.2) is 9.97 Å². The molecule has 0 aliphatic heterocycles. The lowest BCUT2D eigenvalue weighted by molar-refractivity contribution is 0.102. The Bertz CT molecular complexity index is 1570. The first-order chi connectivity index (χ1) is 18.1. The summed E-state index contributed by atoms with van der Waals surface area (Å²) in [6.45, 7) is 0. The molecule has 0 aliphatic carbocycles. The average molecular weight is 492 g/mol. The standard InChI is InChI=1S/C29H25N5O3/c1-36-26-15-22-24(16-27(26)37-2)31-17-32-28(22)33-21-11-8-19(9-12-21)29(35)34-25-14-20(10-13-23(25)30)18-6-4-3-5-7-18/h3-17H,30H2,1-2H3,(H,34,35)(H,31,32,33). The van der Waals surface area contributed by atoms with Crippen molar-refractivity contribution in [3.8, 4) is 22.6 Å². The second-order valence-electron chi connectivity index (χ2n) is 8.27. The van der Waals surface area contributed by atoms with Gasteiger partial charge in [-0.1, -0.05) is 36.4 Å². The first kappa shape index (κ1) is 23.6. The number of nitrogens with two attached hydrogens (primary N) is 1. The number of ether oxygens (including phenoxy) is 2. The van der Waals surface area contributed by atoms with E-state index in [-0.39, 0.29) is 5.91 Å². The summed E-state index contributed by atoms with van der Waals surface area (Å²) in [7, 11) is 3.16. The highest BCUT2D eigenvalue weighted by Crippen LogP contribution is 2.34. The lowest BCUT2D eigenvalue weighted by Crippen LogP contribution is -2.13. The highest BCUT2D eigenvalue weighted by molar-refractivity contribution is 6.06. The Hall–Kier alpha value is -5.11. The molecule has 1 heterocycles. The molecule has 4 aromatic carbocycles. The van der Waals surface area contributed by atoms with Gasteiger partial charge in [0.25, 0.3) is 5.91 Å². The molecule has 4 N–H and O–H groups in total. The first-order valence-corrected chi connectivity index (χ1v) is 11.6. The minimum absolute atomic E-state index is 0.257. The Morgan fingerprint density at radius 3 is 2.27 bits per heavy atom. The number of nitrogens with zero attached hydrogens (tertiary/aromatic N) is 2. The molecule has 1 amide bonds. The number of fused-ring (bicyclic) bond motifs is 1. The number of hydrogen-bond acceptors (Lipinski definition) is 7. The molecule has 0 unspecified atom stereocenters. The van der Waals surface area contributed by atoms with Gasteiger partial charge in [0.1, 0.15) is 12.1 Å². The quantitative estimate of drug-likeness (QED) is 0.243. The van der Waals surface area contributed by atoms with E-state index in [1.807, 2.05) is 60.7 Å². The molecule has 8 heteroatoms. The van der Waals surface area contributed by atoms with Crippen LogP contribution in [0.1, 0.15) is 10.4 Å². The Morgan fingerprint density at radius 1 is 0.811 bits per heavy atom. The van der Waals surface area contributed by atoms with Crippen LogP contribution in [0.2, 0.25) is 0 Å². The maximum absolute atomic E-state index is 13.0. The molecular weight excluding hydrogens is 466 g/mol. The van der Waals surface area contributed by atoms with Gasteiger partial charge >= 0.3 is 0 Å². The van der Waals surface area contributed by atoms with Crippen LogP contribution in [0.3, 0.4) is 0 Å². The fourth-order valence-corrected chi connectivity index (χ4v) is 3.99. The summed E-state index contributed by atoms with van der Waals surface area (Å²) in [6.07, 6.45) is 1.48. The van der Waals surface area contributed by atoms with Crippen LogP contribution in [0.4, 0.5) is 22.9 Å². The third kappa shape index (κ3) is 4.99. The van der Waals surface area contributed by atoms with Crippen LogP contribution >= 0.6 is 0 Å². The van der Waals surface area contributed by atoms with Gasteiger partial charge in [0, 0.05) is 22.7 Å². The molecule has 0 radical (unpaired) electrons. The lowest BCUT2D eigenvalue weighted by Gasteiger charge is -2.13. The van der Waals surface area contributed by atoms with Crippen molar-refractivity contribution in [2.45, 2.75) is 0 Å². The highest BCUT2D eigenvalue weighted by Gasteiger charge is 2.13. The average Bonchev–Trinajstić information content (AvgIpc) is 2.94. The van der Waals surface area contributed by atoms with Crippen molar-refractivity contribution in [1.29, 1.82) is 0 Å². The molecule has 0 atom stereocenters. The number of benzene rings is 4. The van der Waals surface area contributed by atoms with Crippen LogP contribution < -0.4 is 25.8 Å². The van der Waals surface area contributed by atoms with Crippen LogP contribution in [0, 0.1) is 0 Å². The van der Waals surface area contributed by atoms with Crippen LogP contribution in [0.5, 0.6) is 11.5 Å². The number of methoxy groups -OCH3 is 2. The van der Waals surface area contributed by atoms with Gasteiger partial charge in [0.2, 0.25) is 0 Å². The summed E-state index contributed by atoms with van der Waals surface area (Å²) in [5.74, 6) is 1.52.